The number of thiophene rings is 1. The number of carbonyl (C=O) groups is 3. The predicted octanol–water partition coefficient (Wildman–Crippen LogP) is 8.53. The lowest BCUT2D eigenvalue weighted by Crippen LogP contribution is -2.31. The number of ketones is 2. The van der Waals surface area contributed by atoms with E-state index in [1.54, 1.807) is 42.3 Å². The van der Waals surface area contributed by atoms with Crippen LogP contribution in [0.1, 0.15) is 49.8 Å². The number of hydrogen-bond acceptors (Lipinski definition) is 8. The Bertz CT molecular complexity index is 2060. The molecule has 0 saturated heterocycles. The molecule has 53 heavy (non-hydrogen) atoms. The summed E-state index contributed by atoms with van der Waals surface area (Å²) in [6, 6.07) is 21.7. The Hall–Kier alpha value is -4.84. The number of hydrogen-bond donors (Lipinski definition) is 0. The van der Waals surface area contributed by atoms with E-state index in [1.165, 1.54) is 35.6 Å². The molecule has 2 heterocycles. The molecule has 0 spiro atoms. The number of Topliss-reactive ketones (excluding diaryl/α,β-unsaturated/α-hetero) is 2. The summed E-state index contributed by atoms with van der Waals surface area (Å²) < 4.78 is 46.5. The molecule has 0 atom stereocenters. The topological polar surface area (TPSA) is 95.0 Å². The van der Waals surface area contributed by atoms with Crippen molar-refractivity contribution in [3.8, 4) is 21.9 Å². The van der Waals surface area contributed by atoms with Crippen molar-refractivity contribution in [2.45, 2.75) is 52.5 Å². The van der Waals surface area contributed by atoms with E-state index in [9.17, 15) is 18.8 Å². The summed E-state index contributed by atoms with van der Waals surface area (Å²) in [6.45, 7) is 6.74. The molecule has 0 unspecified atom stereocenters. The fourth-order valence-corrected chi connectivity index (χ4v) is 7.20. The van der Waals surface area contributed by atoms with E-state index in [0.29, 0.717) is 74.8 Å². The summed E-state index contributed by atoms with van der Waals surface area (Å²) in [5, 5.41) is 0. The molecule has 5 aromatic rings. The number of benzene rings is 3. The van der Waals surface area contributed by atoms with Crippen LogP contribution in [0.3, 0.4) is 0 Å². The second kappa shape index (κ2) is 17.3. The Morgan fingerprint density at radius 1 is 0.792 bits per heavy atom. The van der Waals surface area contributed by atoms with Crippen LogP contribution < -0.4 is 4.74 Å². The third-order valence-electron chi connectivity index (χ3n) is 9.34. The second-order valence-corrected chi connectivity index (χ2v) is 14.3. The molecular formula is C42H42F2N2O6S. The van der Waals surface area contributed by atoms with E-state index in [4.69, 9.17) is 14.2 Å². The predicted molar refractivity (Wildman–Crippen MR) is 200 cm³/mol. The van der Waals surface area contributed by atoms with Crippen LogP contribution in [0, 0.1) is 17.0 Å². The highest BCUT2D eigenvalue weighted by Crippen LogP contribution is 2.49. The summed E-state index contributed by atoms with van der Waals surface area (Å²) in [5.41, 5.74) is 2.71. The molecule has 8 nitrogen and oxygen atoms in total. The summed E-state index contributed by atoms with van der Waals surface area (Å²) in [5.74, 6) is -1.01. The molecule has 3 aromatic carbocycles. The zero-order chi connectivity index (χ0) is 37.4. The van der Waals surface area contributed by atoms with Crippen LogP contribution in [0.5, 0.6) is 11.5 Å². The van der Waals surface area contributed by atoms with E-state index >= 15 is 4.39 Å². The van der Waals surface area contributed by atoms with Crippen LogP contribution in [0.4, 0.5) is 8.78 Å². The molecule has 0 bridgehead atoms. The van der Waals surface area contributed by atoms with Crippen molar-refractivity contribution in [2.75, 3.05) is 33.0 Å². The van der Waals surface area contributed by atoms with Gasteiger partial charge in [-0.05, 0) is 71.8 Å². The van der Waals surface area contributed by atoms with Crippen molar-refractivity contribution in [3.05, 3.63) is 113 Å². The highest BCUT2D eigenvalue weighted by atomic mass is 32.1. The Morgan fingerprint density at radius 3 is 2.11 bits per heavy atom. The first-order valence-electron chi connectivity index (χ1n) is 17.8. The summed E-state index contributed by atoms with van der Waals surface area (Å²) in [7, 11) is 0. The highest BCUT2D eigenvalue weighted by molar-refractivity contribution is 7.22. The first-order chi connectivity index (χ1) is 25.6. The third kappa shape index (κ3) is 9.59. The minimum absolute atomic E-state index is 0.00627. The smallest absolute Gasteiger partial charge is 0.219 e. The maximum Gasteiger partial charge on any atom is 0.219 e. The van der Waals surface area contributed by atoms with Crippen LogP contribution in [-0.2, 0) is 43.2 Å². The Balaban J connectivity index is 1.07. The number of nitrogens with zero attached hydrogens (tertiary/aromatic N) is 2. The summed E-state index contributed by atoms with van der Waals surface area (Å²) in [4.78, 5) is 45.8. The minimum atomic E-state index is -1.06. The van der Waals surface area contributed by atoms with Gasteiger partial charge < -0.3 is 19.1 Å². The fourth-order valence-electron chi connectivity index (χ4n) is 6.13. The van der Waals surface area contributed by atoms with Gasteiger partial charge in [-0.25, -0.2) is 8.78 Å². The molecule has 1 aliphatic rings. The van der Waals surface area contributed by atoms with Crippen molar-refractivity contribution in [3.63, 3.8) is 0 Å². The van der Waals surface area contributed by atoms with Gasteiger partial charge in [0, 0.05) is 56.6 Å². The van der Waals surface area contributed by atoms with Gasteiger partial charge in [-0.1, -0.05) is 49.4 Å². The van der Waals surface area contributed by atoms with E-state index in [0.717, 1.165) is 27.1 Å². The van der Waals surface area contributed by atoms with Crippen molar-refractivity contribution >= 4 is 39.0 Å². The van der Waals surface area contributed by atoms with E-state index < -0.39 is 11.2 Å². The van der Waals surface area contributed by atoms with Gasteiger partial charge in [-0.15, -0.1) is 11.3 Å². The average Bonchev–Trinajstić information content (AvgIpc) is 3.85. The zero-order valence-corrected chi connectivity index (χ0v) is 30.7. The van der Waals surface area contributed by atoms with Gasteiger partial charge >= 0.3 is 0 Å². The molecule has 1 fully saturated rings. The molecular weight excluding hydrogens is 699 g/mol. The molecule has 11 heteroatoms. The Morgan fingerprint density at radius 2 is 1.45 bits per heavy atom. The van der Waals surface area contributed by atoms with Crippen LogP contribution in [0.25, 0.3) is 20.7 Å². The van der Waals surface area contributed by atoms with Crippen LogP contribution in [-0.4, -0.2) is 60.3 Å². The van der Waals surface area contributed by atoms with Gasteiger partial charge in [0.2, 0.25) is 5.91 Å². The van der Waals surface area contributed by atoms with Crippen LogP contribution in [0.2, 0.25) is 0 Å². The lowest BCUT2D eigenvalue weighted by molar-refractivity contribution is -0.134. The van der Waals surface area contributed by atoms with Crippen molar-refractivity contribution in [2.24, 2.45) is 5.41 Å². The molecule has 1 aliphatic carbocycles. The zero-order valence-electron chi connectivity index (χ0n) is 29.9. The lowest BCUT2D eigenvalue weighted by Gasteiger charge is -2.21. The first-order valence-corrected chi connectivity index (χ1v) is 18.6. The highest BCUT2D eigenvalue weighted by Gasteiger charge is 2.54. The Labute approximate surface area is 311 Å². The molecule has 2 aromatic heterocycles. The Kier molecular flexibility index (Phi) is 12.4. The molecule has 1 saturated carbocycles. The van der Waals surface area contributed by atoms with E-state index in [1.807, 2.05) is 30.3 Å². The SMILES string of the molecule is CCCOCCOCCN(Cc1ccc(-c2cc3nccc(Oc4ccc(CC(=O)C5(C(=O)Cc6ccc(F)cc6)CC5)cc4F)c3s2)cc1)C(C)=O. The molecule has 276 valence electrons. The number of aromatic nitrogens is 1. The van der Waals surface area contributed by atoms with Crippen LogP contribution in [0.15, 0.2) is 85.1 Å². The number of carbonyl (C=O) groups excluding carboxylic acids is 3. The van der Waals surface area contributed by atoms with Gasteiger partial charge in [0.05, 0.1) is 35.5 Å². The summed E-state index contributed by atoms with van der Waals surface area (Å²) in [6.07, 6.45) is 3.48. The monoisotopic (exact) mass is 740 g/mol. The van der Waals surface area contributed by atoms with Gasteiger partial charge in [0.25, 0.3) is 0 Å². The van der Waals surface area contributed by atoms with Crippen molar-refractivity contribution < 1.29 is 37.4 Å². The maximum absolute atomic E-state index is 15.4. The standard InChI is InChI=1S/C42H42F2N2O6S/c1-3-19-50-21-22-51-20-18-46(28(2)47)27-30-4-9-32(10-5-30)38-26-35-41(53-38)37(14-17-45-35)52-36-13-8-31(23-34(36)44)25-40(49)42(15-16-42)39(48)24-29-6-11-33(43)12-7-29/h4-14,17,23,26H,3,15-16,18-22,24-25,27H2,1-2H3. The number of amides is 1. The number of ether oxygens (including phenoxy) is 3. The van der Waals surface area contributed by atoms with Gasteiger partial charge in [-0.2, -0.15) is 0 Å². The van der Waals surface area contributed by atoms with Crippen molar-refractivity contribution in [1.82, 2.24) is 9.88 Å². The number of pyridine rings is 1. The van der Waals surface area contributed by atoms with Gasteiger partial charge in [0.15, 0.2) is 23.1 Å². The molecule has 0 radical (unpaired) electrons. The number of halogens is 2. The maximum atomic E-state index is 15.4. The summed E-state index contributed by atoms with van der Waals surface area (Å²) >= 11 is 1.48. The molecule has 0 aliphatic heterocycles. The van der Waals surface area contributed by atoms with E-state index in [2.05, 4.69) is 11.9 Å². The molecule has 1 amide bonds. The van der Waals surface area contributed by atoms with Crippen molar-refractivity contribution in [1.29, 1.82) is 0 Å². The molecule has 6 rings (SSSR count). The number of fused-ring (bicyclic) bond motifs is 1. The normalized spacial score (nSPS) is 13.2. The lowest BCUT2D eigenvalue weighted by atomic mass is 9.88. The molecule has 0 N–H and O–H groups in total. The minimum Gasteiger partial charge on any atom is -0.453 e. The van der Waals surface area contributed by atoms with Gasteiger partial charge in [0.1, 0.15) is 11.6 Å². The number of rotatable bonds is 19. The second-order valence-electron chi connectivity index (χ2n) is 13.3. The quantitative estimate of drug-likeness (QED) is 0.0619. The average molecular weight is 741 g/mol. The van der Waals surface area contributed by atoms with E-state index in [-0.39, 0.29) is 41.9 Å². The third-order valence-corrected chi connectivity index (χ3v) is 10.5. The van der Waals surface area contributed by atoms with Crippen LogP contribution >= 0.6 is 11.3 Å². The fraction of sp³-hybridized carbons (Fsp3) is 0.333. The first kappa shape index (κ1) is 37.9. The van der Waals surface area contributed by atoms with Gasteiger partial charge in [-0.3, -0.25) is 19.4 Å². The largest absolute Gasteiger partial charge is 0.453 e.